The number of hydrogen-bond acceptors (Lipinski definition) is 1. The summed E-state index contributed by atoms with van der Waals surface area (Å²) in [6.45, 7) is 2.25. The number of benzene rings is 2. The Kier molecular flexibility index (Phi) is 4.13. The predicted octanol–water partition coefficient (Wildman–Crippen LogP) is 4.61. The van der Waals surface area contributed by atoms with Gasteiger partial charge in [-0.25, -0.2) is 0 Å². The summed E-state index contributed by atoms with van der Waals surface area (Å²) in [5.41, 5.74) is 2.20. The maximum atomic E-state index is 13.6. The van der Waals surface area contributed by atoms with Crippen LogP contribution in [0, 0.1) is 5.92 Å². The highest BCUT2D eigenvalue weighted by Gasteiger charge is 2.43. The summed E-state index contributed by atoms with van der Waals surface area (Å²) in [7, 11) is 0. The fraction of sp³-hybridized carbons (Fsp3) is 0.409. The van der Waals surface area contributed by atoms with Crippen molar-refractivity contribution in [1.29, 1.82) is 0 Å². The van der Waals surface area contributed by atoms with Gasteiger partial charge in [-0.1, -0.05) is 60.7 Å². The summed E-state index contributed by atoms with van der Waals surface area (Å²) in [5.74, 6) is 0.810. The fourth-order valence-electron chi connectivity index (χ4n) is 3.79. The van der Waals surface area contributed by atoms with Crippen LogP contribution in [0.4, 0.5) is 0 Å². The van der Waals surface area contributed by atoms with E-state index in [-0.39, 0.29) is 11.8 Å². The van der Waals surface area contributed by atoms with Crippen LogP contribution in [0.1, 0.15) is 49.7 Å². The lowest BCUT2D eigenvalue weighted by Crippen LogP contribution is -2.44. The number of amides is 1. The first-order valence-electron chi connectivity index (χ1n) is 9.18. The van der Waals surface area contributed by atoms with Gasteiger partial charge >= 0.3 is 0 Å². The lowest BCUT2D eigenvalue weighted by molar-refractivity contribution is -0.135. The van der Waals surface area contributed by atoms with Crippen molar-refractivity contribution in [3.8, 4) is 0 Å². The molecule has 4 rings (SSSR count). The van der Waals surface area contributed by atoms with Crippen LogP contribution in [0.5, 0.6) is 0 Å². The number of carbonyl (C=O) groups excluding carboxylic acids is 1. The Bertz CT molecular complexity index is 649. The monoisotopic (exact) mass is 319 g/mol. The predicted molar refractivity (Wildman–Crippen MR) is 96.8 cm³/mol. The van der Waals surface area contributed by atoms with Gasteiger partial charge in [0.15, 0.2) is 0 Å². The smallest absolute Gasteiger partial charge is 0.235 e. The van der Waals surface area contributed by atoms with Crippen molar-refractivity contribution in [3.05, 3.63) is 71.8 Å². The quantitative estimate of drug-likeness (QED) is 0.761. The third-order valence-corrected chi connectivity index (χ3v) is 5.45. The van der Waals surface area contributed by atoms with Gasteiger partial charge in [-0.15, -0.1) is 0 Å². The zero-order chi connectivity index (χ0) is 16.5. The molecule has 2 aromatic rings. The average Bonchev–Trinajstić information content (AvgIpc) is 3.49. The molecular weight excluding hydrogens is 294 g/mol. The lowest BCUT2D eigenvalue weighted by Gasteiger charge is -2.33. The van der Waals surface area contributed by atoms with Gasteiger partial charge in [-0.2, -0.15) is 0 Å². The molecule has 124 valence electrons. The topological polar surface area (TPSA) is 20.3 Å². The van der Waals surface area contributed by atoms with Crippen LogP contribution in [0.2, 0.25) is 0 Å². The normalized spacial score (nSPS) is 18.4. The Balaban J connectivity index is 1.70. The van der Waals surface area contributed by atoms with Crippen molar-refractivity contribution in [1.82, 2.24) is 4.90 Å². The molecule has 2 aliphatic rings. The van der Waals surface area contributed by atoms with Crippen molar-refractivity contribution in [3.63, 3.8) is 0 Å². The summed E-state index contributed by atoms with van der Waals surface area (Å²) in [6.07, 6.45) is 4.89. The number of rotatable bonds is 6. The van der Waals surface area contributed by atoms with Crippen LogP contribution < -0.4 is 0 Å². The van der Waals surface area contributed by atoms with E-state index in [2.05, 4.69) is 36.1 Å². The molecule has 0 radical (unpaired) electrons. The van der Waals surface area contributed by atoms with Gasteiger partial charge in [0.25, 0.3) is 0 Å². The van der Waals surface area contributed by atoms with Crippen LogP contribution in [0.15, 0.2) is 60.7 Å². The summed E-state index contributed by atoms with van der Waals surface area (Å²) in [6, 6.07) is 21.3. The maximum Gasteiger partial charge on any atom is 0.235 e. The fourth-order valence-corrected chi connectivity index (χ4v) is 3.79. The second-order valence-electron chi connectivity index (χ2n) is 7.31. The molecule has 0 N–H and O–H groups in total. The Morgan fingerprint density at radius 3 is 1.79 bits per heavy atom. The van der Waals surface area contributed by atoms with Crippen LogP contribution in [0.3, 0.4) is 0 Å². The van der Waals surface area contributed by atoms with Crippen molar-refractivity contribution >= 4 is 5.91 Å². The first kappa shape index (κ1) is 15.4. The second kappa shape index (κ2) is 6.43. The molecule has 0 bridgehead atoms. The third-order valence-electron chi connectivity index (χ3n) is 5.45. The molecule has 1 atom stereocenters. The Hall–Kier alpha value is -2.09. The average molecular weight is 319 g/mol. The highest BCUT2D eigenvalue weighted by molar-refractivity contribution is 5.88. The number of hydrogen-bond donors (Lipinski definition) is 0. The molecule has 2 fully saturated rings. The molecule has 2 aromatic carbocycles. The number of carbonyl (C=O) groups is 1. The first-order chi connectivity index (χ1) is 11.8. The van der Waals surface area contributed by atoms with Crippen molar-refractivity contribution in [2.75, 3.05) is 0 Å². The molecule has 2 heteroatoms. The van der Waals surface area contributed by atoms with Crippen LogP contribution in [0.25, 0.3) is 0 Å². The van der Waals surface area contributed by atoms with E-state index in [1.54, 1.807) is 0 Å². The summed E-state index contributed by atoms with van der Waals surface area (Å²) < 4.78 is 0. The highest BCUT2D eigenvalue weighted by atomic mass is 16.2. The van der Waals surface area contributed by atoms with E-state index < -0.39 is 0 Å². The molecule has 24 heavy (non-hydrogen) atoms. The summed E-state index contributed by atoms with van der Waals surface area (Å²) >= 11 is 0. The first-order valence-corrected chi connectivity index (χ1v) is 9.18. The van der Waals surface area contributed by atoms with Gasteiger partial charge in [0.2, 0.25) is 5.91 Å². The van der Waals surface area contributed by atoms with Gasteiger partial charge in [0.1, 0.15) is 0 Å². The van der Waals surface area contributed by atoms with Gasteiger partial charge in [-0.05, 0) is 49.7 Å². The molecule has 1 unspecified atom stereocenters. The van der Waals surface area contributed by atoms with Gasteiger partial charge in [0, 0.05) is 12.1 Å². The highest BCUT2D eigenvalue weighted by Crippen LogP contribution is 2.42. The van der Waals surface area contributed by atoms with Crippen molar-refractivity contribution in [2.45, 2.75) is 50.6 Å². The van der Waals surface area contributed by atoms with E-state index in [0.717, 1.165) is 11.1 Å². The molecule has 0 heterocycles. The van der Waals surface area contributed by atoms with E-state index in [0.29, 0.717) is 18.0 Å². The van der Waals surface area contributed by atoms with E-state index in [9.17, 15) is 4.79 Å². The van der Waals surface area contributed by atoms with Gasteiger partial charge in [0.05, 0.1) is 5.92 Å². The molecule has 1 amide bonds. The van der Waals surface area contributed by atoms with E-state index in [1.165, 1.54) is 25.7 Å². The molecule has 0 aromatic heterocycles. The standard InChI is InChI=1S/C22H25NO/c1-16(17-12-13-17)23(20-14-15-20)22(24)21(18-8-4-2-5-9-18)19-10-6-3-7-11-19/h2-11,16-17,20-21H,12-15H2,1H3. The minimum Gasteiger partial charge on any atom is -0.336 e. The lowest BCUT2D eigenvalue weighted by atomic mass is 9.89. The van der Waals surface area contributed by atoms with Gasteiger partial charge < -0.3 is 4.90 Å². The summed E-state index contributed by atoms with van der Waals surface area (Å²) in [5, 5.41) is 0. The van der Waals surface area contributed by atoms with Crippen molar-refractivity contribution < 1.29 is 4.79 Å². The van der Waals surface area contributed by atoms with Crippen LogP contribution >= 0.6 is 0 Å². The molecular formula is C22H25NO. The van der Waals surface area contributed by atoms with E-state index in [1.807, 2.05) is 36.4 Å². The van der Waals surface area contributed by atoms with Crippen LogP contribution in [-0.4, -0.2) is 22.9 Å². The SMILES string of the molecule is CC(C1CC1)N(C(=O)C(c1ccccc1)c1ccccc1)C1CC1. The Morgan fingerprint density at radius 1 is 0.875 bits per heavy atom. The summed E-state index contributed by atoms with van der Waals surface area (Å²) in [4.78, 5) is 15.8. The third kappa shape index (κ3) is 3.10. The zero-order valence-corrected chi connectivity index (χ0v) is 14.3. The number of nitrogens with zero attached hydrogens (tertiary/aromatic N) is 1. The minimum atomic E-state index is -0.186. The molecule has 0 spiro atoms. The minimum absolute atomic E-state index is 0.186. The molecule has 2 saturated carbocycles. The van der Waals surface area contributed by atoms with Crippen LogP contribution in [-0.2, 0) is 4.79 Å². The Labute approximate surface area is 144 Å². The van der Waals surface area contributed by atoms with E-state index >= 15 is 0 Å². The molecule has 2 nitrogen and oxygen atoms in total. The zero-order valence-electron chi connectivity index (χ0n) is 14.3. The second-order valence-corrected chi connectivity index (χ2v) is 7.31. The maximum absolute atomic E-state index is 13.6. The van der Waals surface area contributed by atoms with E-state index in [4.69, 9.17) is 0 Å². The molecule has 0 saturated heterocycles. The van der Waals surface area contributed by atoms with Crippen molar-refractivity contribution in [2.24, 2.45) is 5.92 Å². The Morgan fingerprint density at radius 2 is 1.38 bits per heavy atom. The molecule has 2 aliphatic carbocycles. The molecule has 0 aliphatic heterocycles. The largest absolute Gasteiger partial charge is 0.336 e. The van der Waals surface area contributed by atoms with Gasteiger partial charge in [-0.3, -0.25) is 4.79 Å².